The number of aryl methyl sites for hydroxylation is 1. The van der Waals surface area contributed by atoms with Crippen LogP contribution in [0.15, 0.2) is 29.5 Å². The van der Waals surface area contributed by atoms with Crippen molar-refractivity contribution in [2.45, 2.75) is 33.6 Å². The molecule has 4 N–H and O–H groups in total. The van der Waals surface area contributed by atoms with Gasteiger partial charge in [-0.2, -0.15) is 0 Å². The maximum Gasteiger partial charge on any atom is 0.0381 e. The molecule has 0 fully saturated rings. The average molecular weight is 259 g/mol. The number of hydrogen-bond donors (Lipinski definition) is 3. The van der Waals surface area contributed by atoms with E-state index in [1.54, 1.807) is 0 Å². The topological polar surface area (TPSA) is 50.1 Å². The van der Waals surface area contributed by atoms with Crippen LogP contribution < -0.4 is 16.6 Å². The lowest BCUT2D eigenvalue weighted by atomic mass is 9.95. The Morgan fingerprint density at radius 2 is 2.11 bits per heavy atom. The molecular weight excluding hydrogens is 234 g/mol. The number of hydrogen-bond acceptors (Lipinski definition) is 3. The number of benzene rings is 1. The highest BCUT2D eigenvalue weighted by atomic mass is 15.4. The number of allylic oxidation sites excluding steroid dienone is 1. The zero-order chi connectivity index (χ0) is 13.8. The van der Waals surface area contributed by atoms with E-state index in [1.165, 1.54) is 28.0 Å². The Morgan fingerprint density at radius 1 is 1.32 bits per heavy atom. The fourth-order valence-corrected chi connectivity index (χ4v) is 2.65. The van der Waals surface area contributed by atoms with Crippen molar-refractivity contribution < 1.29 is 0 Å². The van der Waals surface area contributed by atoms with Crippen LogP contribution in [0.1, 0.15) is 30.5 Å². The highest BCUT2D eigenvalue weighted by Gasteiger charge is 2.17. The zero-order valence-electron chi connectivity index (χ0n) is 12.2. The number of nitrogens with two attached hydrogens (primary N) is 1. The van der Waals surface area contributed by atoms with Crippen molar-refractivity contribution in [1.29, 1.82) is 0 Å². The Balaban J connectivity index is 2.17. The second-order valence-corrected chi connectivity index (χ2v) is 5.63. The number of hydrazine groups is 1. The lowest BCUT2D eigenvalue weighted by Crippen LogP contribution is -2.25. The fraction of sp³-hybridized carbons (Fsp3) is 0.500. The Morgan fingerprint density at radius 3 is 2.74 bits per heavy atom. The summed E-state index contributed by atoms with van der Waals surface area (Å²) in [6.07, 6.45) is 1.99. The minimum atomic E-state index is 0.543. The molecule has 2 rings (SSSR count). The first-order valence-corrected chi connectivity index (χ1v) is 7.11. The Labute approximate surface area is 116 Å². The molecule has 104 valence electrons. The molecule has 0 radical (unpaired) electrons. The Hall–Kier alpha value is -1.32. The summed E-state index contributed by atoms with van der Waals surface area (Å²) in [5.41, 5.74) is 19.1. The molecule has 0 atom stereocenters. The van der Waals surface area contributed by atoms with E-state index in [0.717, 1.165) is 25.9 Å². The predicted molar refractivity (Wildman–Crippen MR) is 80.6 cm³/mol. The molecule has 0 aromatic heterocycles. The molecule has 1 aromatic carbocycles. The van der Waals surface area contributed by atoms with Gasteiger partial charge in [-0.25, -0.2) is 5.43 Å². The van der Waals surface area contributed by atoms with E-state index in [1.807, 2.05) is 0 Å². The van der Waals surface area contributed by atoms with Gasteiger partial charge < -0.3 is 11.2 Å². The SMILES string of the molecule is Cc1cc(CCN)ccc1CC1=C(C(C)C)NNC1. The van der Waals surface area contributed by atoms with Crippen molar-refractivity contribution in [3.8, 4) is 0 Å². The molecule has 3 nitrogen and oxygen atoms in total. The van der Waals surface area contributed by atoms with E-state index >= 15 is 0 Å². The molecule has 0 aliphatic carbocycles. The smallest absolute Gasteiger partial charge is 0.0381 e. The molecule has 0 bridgehead atoms. The highest BCUT2D eigenvalue weighted by Crippen LogP contribution is 2.21. The minimum Gasteiger partial charge on any atom is -0.330 e. The Bertz CT molecular complexity index is 475. The lowest BCUT2D eigenvalue weighted by Gasteiger charge is -2.12. The van der Waals surface area contributed by atoms with Crippen LogP contribution in [-0.4, -0.2) is 13.1 Å². The first-order valence-electron chi connectivity index (χ1n) is 7.11. The molecule has 1 aliphatic rings. The summed E-state index contributed by atoms with van der Waals surface area (Å²) in [7, 11) is 0. The second-order valence-electron chi connectivity index (χ2n) is 5.63. The van der Waals surface area contributed by atoms with E-state index in [-0.39, 0.29) is 0 Å². The molecule has 0 saturated carbocycles. The van der Waals surface area contributed by atoms with Gasteiger partial charge in [-0.3, -0.25) is 0 Å². The van der Waals surface area contributed by atoms with Gasteiger partial charge in [0, 0.05) is 12.2 Å². The molecule has 0 saturated heterocycles. The lowest BCUT2D eigenvalue weighted by molar-refractivity contribution is 0.618. The molecule has 1 aromatic rings. The molecule has 0 amide bonds. The van der Waals surface area contributed by atoms with Crippen LogP contribution in [-0.2, 0) is 12.8 Å². The number of rotatable bonds is 5. The van der Waals surface area contributed by atoms with Crippen LogP contribution in [0.4, 0.5) is 0 Å². The van der Waals surface area contributed by atoms with Gasteiger partial charge in [-0.05, 0) is 54.5 Å². The molecule has 3 heteroatoms. The third-order valence-corrected chi connectivity index (χ3v) is 3.73. The summed E-state index contributed by atoms with van der Waals surface area (Å²) in [6, 6.07) is 6.73. The third kappa shape index (κ3) is 3.37. The van der Waals surface area contributed by atoms with Crippen molar-refractivity contribution >= 4 is 0 Å². The van der Waals surface area contributed by atoms with Gasteiger partial charge in [-0.1, -0.05) is 32.0 Å². The van der Waals surface area contributed by atoms with Crippen molar-refractivity contribution in [1.82, 2.24) is 10.9 Å². The molecule has 0 spiro atoms. The van der Waals surface area contributed by atoms with Crippen LogP contribution >= 0.6 is 0 Å². The molecule has 0 unspecified atom stereocenters. The van der Waals surface area contributed by atoms with E-state index < -0.39 is 0 Å². The van der Waals surface area contributed by atoms with Crippen molar-refractivity contribution in [2.24, 2.45) is 11.7 Å². The number of nitrogens with one attached hydrogen (secondary N) is 2. The van der Waals surface area contributed by atoms with Crippen molar-refractivity contribution in [2.75, 3.05) is 13.1 Å². The summed E-state index contributed by atoms with van der Waals surface area (Å²) >= 11 is 0. The van der Waals surface area contributed by atoms with Gasteiger partial charge in [0.05, 0.1) is 0 Å². The first kappa shape index (κ1) is 14.1. The van der Waals surface area contributed by atoms with E-state index in [0.29, 0.717) is 5.92 Å². The fourth-order valence-electron chi connectivity index (χ4n) is 2.65. The third-order valence-electron chi connectivity index (χ3n) is 3.73. The van der Waals surface area contributed by atoms with Crippen LogP contribution in [0.3, 0.4) is 0 Å². The standard InChI is InChI=1S/C16H25N3/c1-11(2)16-15(10-18-19-16)9-14-5-4-13(6-7-17)8-12(14)3/h4-5,8,11,18-19H,6-7,9-10,17H2,1-3H3. The molecule has 1 aliphatic heterocycles. The van der Waals surface area contributed by atoms with Gasteiger partial charge in [0.2, 0.25) is 0 Å². The van der Waals surface area contributed by atoms with Gasteiger partial charge in [0.15, 0.2) is 0 Å². The predicted octanol–water partition coefficient (Wildman–Crippen LogP) is 2.06. The summed E-state index contributed by atoms with van der Waals surface area (Å²) in [6.45, 7) is 8.31. The van der Waals surface area contributed by atoms with Gasteiger partial charge in [0.25, 0.3) is 0 Å². The Kier molecular flexibility index (Phi) is 4.61. The van der Waals surface area contributed by atoms with Gasteiger partial charge in [0.1, 0.15) is 0 Å². The summed E-state index contributed by atoms with van der Waals surface area (Å²) in [4.78, 5) is 0. The maximum atomic E-state index is 5.61. The zero-order valence-corrected chi connectivity index (χ0v) is 12.2. The monoisotopic (exact) mass is 259 g/mol. The maximum absolute atomic E-state index is 5.61. The van der Waals surface area contributed by atoms with Crippen LogP contribution in [0.2, 0.25) is 0 Å². The van der Waals surface area contributed by atoms with Gasteiger partial charge in [-0.15, -0.1) is 0 Å². The van der Waals surface area contributed by atoms with Crippen LogP contribution in [0, 0.1) is 12.8 Å². The minimum absolute atomic E-state index is 0.543. The quantitative estimate of drug-likeness (QED) is 0.758. The second kappa shape index (κ2) is 6.22. The normalized spacial score (nSPS) is 15.2. The van der Waals surface area contributed by atoms with Crippen molar-refractivity contribution in [3.05, 3.63) is 46.2 Å². The van der Waals surface area contributed by atoms with Gasteiger partial charge >= 0.3 is 0 Å². The largest absolute Gasteiger partial charge is 0.330 e. The molecular formula is C16H25N3. The summed E-state index contributed by atoms with van der Waals surface area (Å²) in [5.74, 6) is 0.543. The first-order chi connectivity index (χ1) is 9.11. The molecule has 19 heavy (non-hydrogen) atoms. The van der Waals surface area contributed by atoms with Crippen LogP contribution in [0.5, 0.6) is 0 Å². The van der Waals surface area contributed by atoms with Crippen LogP contribution in [0.25, 0.3) is 0 Å². The van der Waals surface area contributed by atoms with E-state index in [4.69, 9.17) is 5.73 Å². The molecule has 1 heterocycles. The summed E-state index contributed by atoms with van der Waals surface area (Å²) in [5, 5.41) is 0. The van der Waals surface area contributed by atoms with E-state index in [2.05, 4.69) is 49.8 Å². The average Bonchev–Trinajstić information content (AvgIpc) is 2.81. The van der Waals surface area contributed by atoms with E-state index in [9.17, 15) is 0 Å². The highest BCUT2D eigenvalue weighted by molar-refractivity contribution is 5.36. The van der Waals surface area contributed by atoms with Crippen molar-refractivity contribution in [3.63, 3.8) is 0 Å². The summed E-state index contributed by atoms with van der Waals surface area (Å²) < 4.78 is 0.